The maximum absolute atomic E-state index is 13.2. The van der Waals surface area contributed by atoms with E-state index in [-0.39, 0.29) is 64.7 Å². The number of nitrogen functional groups attached to an aromatic ring is 2. The van der Waals surface area contributed by atoms with E-state index in [9.17, 15) is 35.7 Å². The Bertz CT molecular complexity index is 1480. The van der Waals surface area contributed by atoms with E-state index >= 15 is 0 Å². The summed E-state index contributed by atoms with van der Waals surface area (Å²) in [4.78, 5) is 25.4. The summed E-state index contributed by atoms with van der Waals surface area (Å²) < 4.78 is 73.0. The Labute approximate surface area is 214 Å². The van der Waals surface area contributed by atoms with Crippen molar-refractivity contribution < 1.29 is 66.7 Å². The number of carbonyl (C=O) groups is 2. The molecule has 13 heteroatoms. The molecular weight excluding hydrogens is 486 g/mol. The molecule has 0 fully saturated rings. The van der Waals surface area contributed by atoms with Gasteiger partial charge < -0.3 is 18.2 Å². The molecule has 8 nitrogen and oxygen atoms in total. The Morgan fingerprint density at radius 2 is 1.47 bits per heavy atom. The van der Waals surface area contributed by atoms with Crippen molar-refractivity contribution >= 4 is 44.4 Å². The van der Waals surface area contributed by atoms with Gasteiger partial charge in [-0.2, -0.15) is 21.6 Å². The summed E-state index contributed by atoms with van der Waals surface area (Å²) in [6.45, 7) is 0. The minimum atomic E-state index is -4.97. The Morgan fingerprint density at radius 1 is 0.912 bits per heavy atom. The van der Waals surface area contributed by atoms with E-state index in [4.69, 9.17) is 11.5 Å². The molecule has 1 aliphatic rings. The van der Waals surface area contributed by atoms with Crippen molar-refractivity contribution in [2.45, 2.75) is 11.1 Å². The molecule has 0 unspecified atom stereocenters. The van der Waals surface area contributed by atoms with Crippen LogP contribution in [0.2, 0.25) is 0 Å². The second kappa shape index (κ2) is 8.71. The van der Waals surface area contributed by atoms with Crippen LogP contribution in [-0.4, -0.2) is 24.5 Å². The number of ketones is 2. The molecule has 4 rings (SSSR count). The van der Waals surface area contributed by atoms with E-state index in [1.165, 1.54) is 24.3 Å². The van der Waals surface area contributed by atoms with Gasteiger partial charge in [-0.1, -0.05) is 24.3 Å². The van der Waals surface area contributed by atoms with Gasteiger partial charge in [-0.05, 0) is 24.3 Å². The van der Waals surface area contributed by atoms with Crippen LogP contribution in [0.15, 0.2) is 53.4 Å². The van der Waals surface area contributed by atoms with Crippen LogP contribution in [0.3, 0.4) is 0 Å². The van der Waals surface area contributed by atoms with E-state index in [0.717, 1.165) is 12.1 Å². The van der Waals surface area contributed by atoms with Gasteiger partial charge in [0, 0.05) is 22.5 Å². The Kier molecular flexibility index (Phi) is 6.59. The SMILES string of the molecule is Nc1cc(Nc2cc(S(=O)(=O)O)c(N)c3c2C(=O)c2ccccc2C3=O)cc(C(F)(F)F)c1.[H-].[Na+]. The zero-order chi connectivity index (χ0) is 24.3. The van der Waals surface area contributed by atoms with Crippen LogP contribution in [-0.2, 0) is 16.3 Å². The Hall–Kier alpha value is -2.90. The second-order valence-electron chi connectivity index (χ2n) is 7.23. The van der Waals surface area contributed by atoms with E-state index < -0.39 is 49.6 Å². The number of anilines is 4. The summed E-state index contributed by atoms with van der Waals surface area (Å²) in [6, 6.07) is 8.99. The largest absolute Gasteiger partial charge is 1.00 e. The van der Waals surface area contributed by atoms with Crippen molar-refractivity contribution in [2.24, 2.45) is 0 Å². The topological polar surface area (TPSA) is 153 Å². The summed E-state index contributed by atoms with van der Waals surface area (Å²) in [5.74, 6) is -1.49. The van der Waals surface area contributed by atoms with Crippen LogP contribution in [0.1, 0.15) is 38.8 Å². The third kappa shape index (κ3) is 4.42. The first-order valence-corrected chi connectivity index (χ1v) is 10.6. The van der Waals surface area contributed by atoms with Crippen molar-refractivity contribution in [2.75, 3.05) is 16.8 Å². The van der Waals surface area contributed by atoms with E-state index in [1.54, 1.807) is 0 Å². The third-order valence-electron chi connectivity index (χ3n) is 5.04. The number of halogens is 3. The molecule has 0 aromatic heterocycles. The summed E-state index contributed by atoms with van der Waals surface area (Å²) in [7, 11) is -4.97. The van der Waals surface area contributed by atoms with Crippen molar-refractivity contribution in [3.63, 3.8) is 0 Å². The molecule has 0 atom stereocenters. The summed E-state index contributed by atoms with van der Waals surface area (Å²) >= 11 is 0. The fourth-order valence-corrected chi connectivity index (χ4v) is 4.30. The second-order valence-corrected chi connectivity index (χ2v) is 8.62. The molecule has 3 aromatic rings. The van der Waals surface area contributed by atoms with Crippen molar-refractivity contribution in [1.82, 2.24) is 0 Å². The first-order valence-electron chi connectivity index (χ1n) is 9.16. The number of benzene rings is 3. The van der Waals surface area contributed by atoms with Crippen LogP contribution in [0.5, 0.6) is 0 Å². The summed E-state index contributed by atoms with van der Waals surface area (Å²) in [6.07, 6.45) is -4.74. The summed E-state index contributed by atoms with van der Waals surface area (Å²) in [5.41, 5.74) is 7.94. The molecule has 3 aromatic carbocycles. The predicted molar refractivity (Wildman–Crippen MR) is 114 cm³/mol. The van der Waals surface area contributed by atoms with Crippen LogP contribution in [0, 0.1) is 0 Å². The smallest absolute Gasteiger partial charge is 1.00 e. The number of alkyl halides is 3. The molecule has 0 saturated heterocycles. The number of hydrogen-bond donors (Lipinski definition) is 4. The maximum Gasteiger partial charge on any atom is 1.00 e. The number of rotatable bonds is 3. The molecule has 0 aliphatic heterocycles. The number of hydrogen-bond acceptors (Lipinski definition) is 7. The minimum absolute atomic E-state index is 0. The van der Waals surface area contributed by atoms with Crippen LogP contribution < -0.4 is 46.3 Å². The van der Waals surface area contributed by atoms with E-state index in [1.807, 2.05) is 0 Å². The zero-order valence-electron chi connectivity index (χ0n) is 18.4. The standard InChI is InChI=1S/C21H14F3N3O5S.Na.H/c22-21(23,24)9-5-10(25)7-11(6-9)27-14-8-15(33(30,31)32)18(26)17-16(14)19(28)12-3-1-2-4-13(12)20(17)29;;/h1-8,27H,25-26H2,(H,30,31,32);;/q;+1;-1. The number of nitrogens with one attached hydrogen (secondary N) is 1. The maximum atomic E-state index is 13.2. The molecule has 0 spiro atoms. The molecule has 6 N–H and O–H groups in total. The van der Waals surface area contributed by atoms with Gasteiger partial charge in [-0.15, -0.1) is 0 Å². The molecule has 0 bridgehead atoms. The Balaban J connectivity index is 0.00000216. The number of nitrogens with two attached hydrogens (primary N) is 2. The van der Waals surface area contributed by atoms with Gasteiger partial charge in [0.15, 0.2) is 11.6 Å². The quantitative estimate of drug-likeness (QED) is 0.182. The number of carbonyl (C=O) groups excluding carboxylic acids is 2. The normalized spacial score (nSPS) is 13.1. The first-order chi connectivity index (χ1) is 15.3. The molecule has 0 radical (unpaired) electrons. The van der Waals surface area contributed by atoms with E-state index in [2.05, 4.69) is 5.32 Å². The van der Waals surface area contributed by atoms with Crippen LogP contribution in [0.25, 0.3) is 0 Å². The molecule has 0 heterocycles. The average molecular weight is 501 g/mol. The molecule has 1 aliphatic carbocycles. The van der Waals surface area contributed by atoms with Gasteiger partial charge >= 0.3 is 35.7 Å². The van der Waals surface area contributed by atoms with Gasteiger partial charge in [0.05, 0.1) is 28.1 Å². The molecule has 0 saturated carbocycles. The van der Waals surface area contributed by atoms with Crippen LogP contribution >= 0.6 is 0 Å². The van der Waals surface area contributed by atoms with Crippen molar-refractivity contribution in [3.05, 3.63) is 76.3 Å². The van der Waals surface area contributed by atoms with Gasteiger partial charge in [0.25, 0.3) is 10.1 Å². The third-order valence-corrected chi connectivity index (χ3v) is 5.93. The average Bonchev–Trinajstić information content (AvgIpc) is 2.71. The van der Waals surface area contributed by atoms with E-state index in [0.29, 0.717) is 12.1 Å². The minimum Gasteiger partial charge on any atom is -1.00 e. The predicted octanol–water partition coefficient (Wildman–Crippen LogP) is 0.752. The Morgan fingerprint density at radius 3 is 2.00 bits per heavy atom. The van der Waals surface area contributed by atoms with Gasteiger partial charge in [0.2, 0.25) is 0 Å². The fraction of sp³-hybridized carbons (Fsp3) is 0.0476. The van der Waals surface area contributed by atoms with Crippen molar-refractivity contribution in [3.8, 4) is 0 Å². The monoisotopic (exact) mass is 501 g/mol. The molecule has 0 amide bonds. The number of fused-ring (bicyclic) bond motifs is 2. The molecular formula is C21H15F3N3NaO5S. The zero-order valence-corrected chi connectivity index (χ0v) is 20.2. The van der Waals surface area contributed by atoms with Gasteiger partial charge in [0.1, 0.15) is 4.90 Å². The van der Waals surface area contributed by atoms with Gasteiger partial charge in [-0.3, -0.25) is 14.1 Å². The van der Waals surface area contributed by atoms with Crippen molar-refractivity contribution in [1.29, 1.82) is 0 Å². The first kappa shape index (κ1) is 25.7. The van der Waals surface area contributed by atoms with Gasteiger partial charge in [-0.25, -0.2) is 0 Å². The molecule has 172 valence electrons. The fourth-order valence-electron chi connectivity index (χ4n) is 3.65. The van der Waals surface area contributed by atoms with Crippen LogP contribution in [0.4, 0.5) is 35.9 Å². The molecule has 34 heavy (non-hydrogen) atoms. The summed E-state index contributed by atoms with van der Waals surface area (Å²) in [5, 5.41) is 2.52.